The van der Waals surface area contributed by atoms with Gasteiger partial charge in [-0.15, -0.1) is 0 Å². The molecule has 0 bridgehead atoms. The molecule has 1 heterocycles. The quantitative estimate of drug-likeness (QED) is 0.448. The Kier molecular flexibility index (Phi) is 3.85. The summed E-state index contributed by atoms with van der Waals surface area (Å²) in [4.78, 5) is 43.1. The van der Waals surface area contributed by atoms with Gasteiger partial charge in [0.25, 0.3) is 11.4 Å². The molecule has 19 heavy (non-hydrogen) atoms. The predicted molar refractivity (Wildman–Crippen MR) is 53.8 cm³/mol. The second kappa shape index (κ2) is 5.16. The van der Waals surface area contributed by atoms with E-state index in [4.69, 9.17) is 20.4 Å². The lowest BCUT2D eigenvalue weighted by Crippen LogP contribution is -2.42. The molecule has 0 aliphatic rings. The van der Waals surface area contributed by atoms with Gasteiger partial charge < -0.3 is 20.4 Å². The Morgan fingerprint density at radius 1 is 1.00 bits per heavy atom. The van der Waals surface area contributed by atoms with Gasteiger partial charge in [0, 0.05) is 0 Å². The number of nitrogens with zero attached hydrogens (tertiary/aromatic N) is 2. The van der Waals surface area contributed by atoms with Crippen LogP contribution in [0.2, 0.25) is 0 Å². The molecule has 0 atom stereocenters. The number of hydrogen-bond donors (Lipinski definition) is 4. The summed E-state index contributed by atoms with van der Waals surface area (Å²) in [5.74, 6) is -6.11. The lowest BCUT2D eigenvalue weighted by Gasteiger charge is -1.95. The molecule has 0 fully saturated rings. The van der Waals surface area contributed by atoms with E-state index in [0.29, 0.717) is 9.13 Å². The van der Waals surface area contributed by atoms with Gasteiger partial charge in [0.1, 0.15) is 0 Å². The van der Waals surface area contributed by atoms with Crippen LogP contribution in [0.3, 0.4) is 0 Å². The maximum absolute atomic E-state index is 11.0. The minimum Gasteiger partial charge on any atom is -0.478 e. The number of aromatic carboxylic acids is 2. The van der Waals surface area contributed by atoms with Crippen LogP contribution in [-0.2, 0) is 22.7 Å². The monoisotopic (exact) mass is 273 g/mol. The molecule has 0 unspecified atom stereocenters. The van der Waals surface area contributed by atoms with Crippen molar-refractivity contribution < 1.29 is 44.2 Å². The average Bonchev–Trinajstić information content (AvgIpc) is 2.53. The third kappa shape index (κ3) is 3.06. The molecule has 1 aromatic heterocycles. The van der Waals surface area contributed by atoms with Crippen molar-refractivity contribution in [3.63, 3.8) is 0 Å². The summed E-state index contributed by atoms with van der Waals surface area (Å²) in [5, 5.41) is 35.0. The number of carboxylic acids is 4. The first-order valence-electron chi connectivity index (χ1n) is 4.76. The van der Waals surface area contributed by atoms with E-state index in [1.807, 2.05) is 0 Å². The summed E-state index contributed by atoms with van der Waals surface area (Å²) in [7, 11) is 0. The van der Waals surface area contributed by atoms with Crippen molar-refractivity contribution >= 4 is 23.9 Å². The van der Waals surface area contributed by atoms with Crippen LogP contribution in [0, 0.1) is 0 Å². The van der Waals surface area contributed by atoms with E-state index in [1.165, 1.54) is 0 Å². The van der Waals surface area contributed by atoms with Crippen LogP contribution in [0.25, 0.3) is 0 Å². The summed E-state index contributed by atoms with van der Waals surface area (Å²) >= 11 is 0. The van der Waals surface area contributed by atoms with Gasteiger partial charge >= 0.3 is 23.9 Å². The minimum absolute atomic E-state index is 0.650. The fraction of sp³-hybridized carbons (Fsp3) is 0.222. The van der Waals surface area contributed by atoms with Gasteiger partial charge in [0.05, 0.1) is 0 Å². The number of hydrogen-bond acceptors (Lipinski definition) is 4. The third-order valence-corrected chi connectivity index (χ3v) is 2.09. The van der Waals surface area contributed by atoms with Gasteiger partial charge in [-0.3, -0.25) is 0 Å². The summed E-state index contributed by atoms with van der Waals surface area (Å²) < 4.78 is 1.30. The largest absolute Gasteiger partial charge is 0.478 e. The molecule has 0 radical (unpaired) electrons. The Morgan fingerprint density at radius 2 is 1.58 bits per heavy atom. The second-order valence-corrected chi connectivity index (χ2v) is 3.47. The van der Waals surface area contributed by atoms with Crippen LogP contribution in [0.1, 0.15) is 21.0 Å². The second-order valence-electron chi connectivity index (χ2n) is 3.47. The number of rotatable bonds is 6. The average molecular weight is 273 g/mol. The normalized spacial score (nSPS) is 10.1. The molecule has 10 heteroatoms. The Hall–Kier alpha value is -2.91. The van der Waals surface area contributed by atoms with E-state index in [0.717, 1.165) is 6.33 Å². The van der Waals surface area contributed by atoms with E-state index < -0.39 is 48.4 Å². The standard InChI is InChI=1S/C9H8N2O8/c12-4(13)1-10-3-11(2-5(14)15)7(9(18)19)6(10)8(16)17/h3H,1-2H2,(H3-,12,13,14,15,16,17,18,19)/p+1. The topological polar surface area (TPSA) is 158 Å². The third-order valence-electron chi connectivity index (χ3n) is 2.09. The minimum atomic E-state index is -1.66. The highest BCUT2D eigenvalue weighted by Gasteiger charge is 2.35. The number of aliphatic carboxylic acids is 2. The van der Waals surface area contributed by atoms with E-state index >= 15 is 0 Å². The van der Waals surface area contributed by atoms with Crippen LogP contribution in [0.5, 0.6) is 0 Å². The van der Waals surface area contributed by atoms with Crippen molar-refractivity contribution in [2.75, 3.05) is 0 Å². The number of carbonyl (C=O) groups is 4. The van der Waals surface area contributed by atoms with Crippen LogP contribution >= 0.6 is 0 Å². The smallest absolute Gasteiger partial charge is 0.380 e. The zero-order valence-electron chi connectivity index (χ0n) is 9.31. The lowest BCUT2D eigenvalue weighted by molar-refractivity contribution is -0.687. The molecule has 0 saturated carbocycles. The molecular formula is C9H9N2O8+. The molecule has 1 aromatic rings. The Balaban J connectivity index is 3.48. The summed E-state index contributed by atoms with van der Waals surface area (Å²) in [6.45, 7) is -1.59. The maximum atomic E-state index is 11.0. The predicted octanol–water partition coefficient (Wildman–Crippen LogP) is -1.66. The van der Waals surface area contributed by atoms with Crippen LogP contribution in [-0.4, -0.2) is 48.9 Å². The maximum Gasteiger partial charge on any atom is 0.380 e. The van der Waals surface area contributed by atoms with Crippen LogP contribution in [0.15, 0.2) is 6.33 Å². The highest BCUT2D eigenvalue weighted by atomic mass is 16.4. The lowest BCUT2D eigenvalue weighted by atomic mass is 10.3. The molecule has 0 aromatic carbocycles. The van der Waals surface area contributed by atoms with Crippen molar-refractivity contribution in [2.24, 2.45) is 0 Å². The molecule has 0 amide bonds. The first-order chi connectivity index (χ1) is 8.73. The van der Waals surface area contributed by atoms with E-state index in [2.05, 4.69) is 0 Å². The summed E-state index contributed by atoms with van der Waals surface area (Å²) in [5.41, 5.74) is -1.59. The van der Waals surface area contributed by atoms with Crippen molar-refractivity contribution in [1.82, 2.24) is 4.57 Å². The first kappa shape index (κ1) is 14.2. The molecule has 0 aliphatic carbocycles. The molecule has 0 aliphatic heterocycles. The van der Waals surface area contributed by atoms with E-state index in [-0.39, 0.29) is 0 Å². The Bertz CT molecular complexity index is 525. The van der Waals surface area contributed by atoms with Crippen molar-refractivity contribution in [2.45, 2.75) is 13.1 Å². The Morgan fingerprint density at radius 3 is 1.95 bits per heavy atom. The van der Waals surface area contributed by atoms with Crippen LogP contribution in [0.4, 0.5) is 0 Å². The fourth-order valence-electron chi connectivity index (χ4n) is 1.54. The highest BCUT2D eigenvalue weighted by molar-refractivity contribution is 5.98. The zero-order chi connectivity index (χ0) is 14.7. The molecule has 0 saturated heterocycles. The number of carboxylic acid groups (broad SMARTS) is 4. The Labute approximate surface area is 104 Å². The number of imidazole rings is 1. The van der Waals surface area contributed by atoms with Gasteiger partial charge in [-0.1, -0.05) is 0 Å². The van der Waals surface area contributed by atoms with Gasteiger partial charge in [-0.25, -0.2) is 28.3 Å². The SMILES string of the molecule is O=C(O)Cn1c[n+](CC(=O)O)c(C(=O)O)c1C(=O)O. The first-order valence-corrected chi connectivity index (χ1v) is 4.76. The molecule has 10 nitrogen and oxygen atoms in total. The van der Waals surface area contributed by atoms with Gasteiger partial charge in [0.15, 0.2) is 13.1 Å². The van der Waals surface area contributed by atoms with E-state index in [9.17, 15) is 19.2 Å². The molecular weight excluding hydrogens is 264 g/mol. The van der Waals surface area contributed by atoms with Crippen LogP contribution < -0.4 is 4.57 Å². The van der Waals surface area contributed by atoms with Gasteiger partial charge in [-0.05, 0) is 0 Å². The molecule has 1 rings (SSSR count). The van der Waals surface area contributed by atoms with Gasteiger partial charge in [-0.2, -0.15) is 0 Å². The molecule has 0 spiro atoms. The number of aromatic nitrogens is 2. The van der Waals surface area contributed by atoms with Crippen molar-refractivity contribution in [3.8, 4) is 0 Å². The van der Waals surface area contributed by atoms with Crippen molar-refractivity contribution in [1.29, 1.82) is 0 Å². The zero-order valence-corrected chi connectivity index (χ0v) is 9.31. The molecule has 4 N–H and O–H groups in total. The van der Waals surface area contributed by atoms with E-state index in [1.54, 1.807) is 0 Å². The highest BCUT2D eigenvalue weighted by Crippen LogP contribution is 2.07. The summed E-state index contributed by atoms with van der Waals surface area (Å²) in [6, 6.07) is 0. The van der Waals surface area contributed by atoms with Gasteiger partial charge in [0.2, 0.25) is 6.33 Å². The molecule has 102 valence electrons. The summed E-state index contributed by atoms with van der Waals surface area (Å²) in [6.07, 6.45) is 0.829. The van der Waals surface area contributed by atoms with Crippen molar-refractivity contribution in [3.05, 3.63) is 17.7 Å². The fourth-order valence-corrected chi connectivity index (χ4v) is 1.54.